The number of primary sulfonamides is 1. The van der Waals surface area contributed by atoms with E-state index in [0.717, 1.165) is 6.07 Å². The minimum absolute atomic E-state index is 0.198. The monoisotopic (exact) mass is 296 g/mol. The number of rotatable bonds is 3. The summed E-state index contributed by atoms with van der Waals surface area (Å²) < 4.78 is 58.4. The molecule has 1 rings (SSSR count). The summed E-state index contributed by atoms with van der Waals surface area (Å²) in [5, 5.41) is 6.62. The molecule has 0 radical (unpaired) electrons. The summed E-state index contributed by atoms with van der Waals surface area (Å²) in [5.74, 6) is -2.10. The molecular weight excluding hydrogens is 285 g/mol. The van der Waals surface area contributed by atoms with E-state index in [0.29, 0.717) is 0 Å². The molecule has 0 aliphatic heterocycles. The molecule has 1 aromatic rings. The van der Waals surface area contributed by atoms with Crippen LogP contribution in [0.25, 0.3) is 0 Å². The molecule has 9 heteroatoms. The van der Waals surface area contributed by atoms with Gasteiger partial charge < -0.3 is 5.32 Å². The van der Waals surface area contributed by atoms with Crippen molar-refractivity contribution in [1.29, 1.82) is 0 Å². The third-order valence-corrected chi connectivity index (χ3v) is 3.20. The summed E-state index contributed by atoms with van der Waals surface area (Å²) in [5.41, 5.74) is 0.198. The number of hydrogen-bond donors (Lipinski definition) is 2. The predicted octanol–water partition coefficient (Wildman–Crippen LogP) is 1.07. The first-order valence-corrected chi connectivity index (χ1v) is 6.57. The fourth-order valence-electron chi connectivity index (χ4n) is 1.32. The standard InChI is InChI=1S/C10H11F3N2O3S/c1-6(15-9(16)10(11,12)13)7-3-2-4-8(5-7)19(14,17)18/h2-6H,1H3,(H,15,16)(H2,14,17,18). The average Bonchev–Trinajstić information content (AvgIpc) is 2.26. The fraction of sp³-hybridized carbons (Fsp3) is 0.300. The minimum atomic E-state index is -4.99. The lowest BCUT2D eigenvalue weighted by Crippen LogP contribution is -2.38. The number of alkyl halides is 3. The van der Waals surface area contributed by atoms with Crippen LogP contribution in [-0.4, -0.2) is 20.5 Å². The second kappa shape index (κ2) is 5.17. The largest absolute Gasteiger partial charge is 0.471 e. The molecule has 0 saturated heterocycles. The highest BCUT2D eigenvalue weighted by Crippen LogP contribution is 2.20. The first kappa shape index (κ1) is 15.4. The Kier molecular flexibility index (Phi) is 4.21. The number of hydrogen-bond acceptors (Lipinski definition) is 3. The number of halogens is 3. The van der Waals surface area contributed by atoms with Crippen molar-refractivity contribution in [1.82, 2.24) is 5.32 Å². The second-order valence-electron chi connectivity index (χ2n) is 3.81. The minimum Gasteiger partial charge on any atom is -0.342 e. The van der Waals surface area contributed by atoms with Crippen molar-refractivity contribution in [2.75, 3.05) is 0 Å². The van der Waals surface area contributed by atoms with Crippen LogP contribution in [0.5, 0.6) is 0 Å². The van der Waals surface area contributed by atoms with E-state index in [-0.39, 0.29) is 10.5 Å². The molecule has 0 bridgehead atoms. The van der Waals surface area contributed by atoms with E-state index in [1.54, 1.807) is 5.32 Å². The van der Waals surface area contributed by atoms with Crippen molar-refractivity contribution < 1.29 is 26.4 Å². The SMILES string of the molecule is CC(NC(=O)C(F)(F)F)c1cccc(S(N)(=O)=O)c1. The Balaban J connectivity index is 2.96. The van der Waals surface area contributed by atoms with Crippen LogP contribution in [0.4, 0.5) is 13.2 Å². The van der Waals surface area contributed by atoms with Crippen molar-refractivity contribution >= 4 is 15.9 Å². The topological polar surface area (TPSA) is 89.3 Å². The van der Waals surface area contributed by atoms with Crippen LogP contribution < -0.4 is 10.5 Å². The normalized spacial score (nSPS) is 13.9. The summed E-state index contributed by atoms with van der Waals surface area (Å²) >= 11 is 0. The summed E-state index contributed by atoms with van der Waals surface area (Å²) in [6.45, 7) is 1.30. The molecule has 5 nitrogen and oxygen atoms in total. The third kappa shape index (κ3) is 4.21. The van der Waals surface area contributed by atoms with Crippen molar-refractivity contribution in [3.8, 4) is 0 Å². The number of nitrogens with two attached hydrogens (primary N) is 1. The van der Waals surface area contributed by atoms with Crippen molar-refractivity contribution in [3.63, 3.8) is 0 Å². The Bertz CT molecular complexity index is 584. The summed E-state index contributed by atoms with van der Waals surface area (Å²) in [7, 11) is -3.95. The van der Waals surface area contributed by atoms with Crippen LogP contribution in [0, 0.1) is 0 Å². The van der Waals surface area contributed by atoms with E-state index in [1.807, 2.05) is 0 Å². The molecule has 106 valence electrons. The molecule has 0 aliphatic rings. The number of carbonyl (C=O) groups is 1. The van der Waals surface area contributed by atoms with Gasteiger partial charge in [-0.1, -0.05) is 12.1 Å². The highest BCUT2D eigenvalue weighted by Gasteiger charge is 2.39. The van der Waals surface area contributed by atoms with Crippen molar-refractivity contribution in [2.45, 2.75) is 24.0 Å². The maximum atomic E-state index is 12.1. The molecule has 1 unspecified atom stereocenters. The average molecular weight is 296 g/mol. The van der Waals surface area contributed by atoms with Gasteiger partial charge in [-0.25, -0.2) is 13.6 Å². The zero-order chi connectivity index (χ0) is 14.8. The first-order valence-electron chi connectivity index (χ1n) is 5.02. The third-order valence-electron chi connectivity index (χ3n) is 2.29. The molecule has 19 heavy (non-hydrogen) atoms. The smallest absolute Gasteiger partial charge is 0.342 e. The lowest BCUT2D eigenvalue weighted by atomic mass is 10.1. The lowest BCUT2D eigenvalue weighted by molar-refractivity contribution is -0.174. The van der Waals surface area contributed by atoms with Crippen LogP contribution in [0.15, 0.2) is 29.2 Å². The molecular formula is C10H11F3N2O3S. The number of benzene rings is 1. The molecule has 1 atom stereocenters. The highest BCUT2D eigenvalue weighted by molar-refractivity contribution is 7.89. The Labute approximate surface area is 107 Å². The molecule has 0 spiro atoms. The van der Waals surface area contributed by atoms with E-state index in [1.165, 1.54) is 25.1 Å². The Morgan fingerprint density at radius 3 is 2.42 bits per heavy atom. The molecule has 0 fully saturated rings. The van der Waals surface area contributed by atoms with Gasteiger partial charge in [-0.2, -0.15) is 13.2 Å². The fourth-order valence-corrected chi connectivity index (χ4v) is 1.89. The van der Waals surface area contributed by atoms with E-state index in [2.05, 4.69) is 0 Å². The Hall–Kier alpha value is -1.61. The molecule has 0 saturated carbocycles. The molecule has 1 aromatic carbocycles. The zero-order valence-corrected chi connectivity index (χ0v) is 10.5. The summed E-state index contributed by atoms with van der Waals surface area (Å²) in [6, 6.07) is 4.02. The van der Waals surface area contributed by atoms with Crippen LogP contribution in [0.2, 0.25) is 0 Å². The van der Waals surface area contributed by atoms with E-state index in [4.69, 9.17) is 5.14 Å². The van der Waals surface area contributed by atoms with Gasteiger partial charge in [-0.3, -0.25) is 4.79 Å². The zero-order valence-electron chi connectivity index (χ0n) is 9.73. The van der Waals surface area contributed by atoms with Gasteiger partial charge in [0, 0.05) is 0 Å². The number of carbonyl (C=O) groups excluding carboxylic acids is 1. The van der Waals surface area contributed by atoms with Gasteiger partial charge in [0.1, 0.15) is 0 Å². The predicted molar refractivity (Wildman–Crippen MR) is 60.4 cm³/mol. The van der Waals surface area contributed by atoms with Crippen LogP contribution in [0.1, 0.15) is 18.5 Å². The first-order chi connectivity index (χ1) is 8.51. The van der Waals surface area contributed by atoms with E-state index < -0.39 is 28.1 Å². The van der Waals surface area contributed by atoms with E-state index in [9.17, 15) is 26.4 Å². The lowest BCUT2D eigenvalue weighted by Gasteiger charge is -2.16. The van der Waals surface area contributed by atoms with Crippen LogP contribution in [-0.2, 0) is 14.8 Å². The van der Waals surface area contributed by atoms with Crippen LogP contribution >= 0.6 is 0 Å². The molecule has 1 amide bonds. The summed E-state index contributed by atoms with van der Waals surface area (Å²) in [6.07, 6.45) is -4.99. The second-order valence-corrected chi connectivity index (χ2v) is 5.37. The van der Waals surface area contributed by atoms with Gasteiger partial charge in [0.15, 0.2) is 0 Å². The molecule has 3 N–H and O–H groups in total. The maximum Gasteiger partial charge on any atom is 0.471 e. The Morgan fingerprint density at radius 1 is 1.37 bits per heavy atom. The van der Waals surface area contributed by atoms with Gasteiger partial charge >= 0.3 is 12.1 Å². The number of sulfonamides is 1. The summed E-state index contributed by atoms with van der Waals surface area (Å²) in [4.78, 5) is 10.5. The van der Waals surface area contributed by atoms with Gasteiger partial charge in [-0.15, -0.1) is 0 Å². The molecule has 0 heterocycles. The van der Waals surface area contributed by atoms with Crippen LogP contribution in [0.3, 0.4) is 0 Å². The Morgan fingerprint density at radius 2 is 1.95 bits per heavy atom. The van der Waals surface area contributed by atoms with Crippen molar-refractivity contribution in [3.05, 3.63) is 29.8 Å². The molecule has 0 aromatic heterocycles. The quantitative estimate of drug-likeness (QED) is 0.874. The highest BCUT2D eigenvalue weighted by atomic mass is 32.2. The maximum absolute atomic E-state index is 12.1. The number of amides is 1. The van der Waals surface area contributed by atoms with Gasteiger partial charge in [0.2, 0.25) is 10.0 Å². The van der Waals surface area contributed by atoms with Gasteiger partial charge in [-0.05, 0) is 24.6 Å². The van der Waals surface area contributed by atoms with E-state index >= 15 is 0 Å². The van der Waals surface area contributed by atoms with Gasteiger partial charge in [0.25, 0.3) is 0 Å². The van der Waals surface area contributed by atoms with Crippen molar-refractivity contribution in [2.24, 2.45) is 5.14 Å². The number of nitrogens with one attached hydrogen (secondary N) is 1. The molecule has 0 aliphatic carbocycles. The van der Waals surface area contributed by atoms with Gasteiger partial charge in [0.05, 0.1) is 10.9 Å².